The van der Waals surface area contributed by atoms with Crippen LogP contribution in [0.25, 0.3) is 0 Å². The van der Waals surface area contributed by atoms with Gasteiger partial charge in [-0.2, -0.15) is 0 Å². The number of likely N-dealkylation sites (tertiary alicyclic amines) is 2. The van der Waals surface area contributed by atoms with Gasteiger partial charge in [-0.3, -0.25) is 0 Å². The monoisotopic (exact) mass is 267 g/mol. The Labute approximate surface area is 119 Å². The average Bonchev–Trinajstić information content (AvgIpc) is 2.86. The van der Waals surface area contributed by atoms with Crippen molar-refractivity contribution in [1.29, 1.82) is 0 Å². The van der Waals surface area contributed by atoms with Gasteiger partial charge in [-0.05, 0) is 85.1 Å². The van der Waals surface area contributed by atoms with Crippen LogP contribution < -0.4 is 5.32 Å². The van der Waals surface area contributed by atoms with Crippen LogP contribution in [0, 0.1) is 11.8 Å². The van der Waals surface area contributed by atoms with Gasteiger partial charge in [0.1, 0.15) is 0 Å². The summed E-state index contributed by atoms with van der Waals surface area (Å²) in [7, 11) is 2.24. The lowest BCUT2D eigenvalue weighted by Crippen LogP contribution is -2.42. The Hall–Kier alpha value is -0.120. The molecule has 2 rings (SSSR count). The van der Waals surface area contributed by atoms with Crippen LogP contribution in [0.4, 0.5) is 0 Å². The molecule has 2 fully saturated rings. The van der Waals surface area contributed by atoms with E-state index < -0.39 is 0 Å². The zero-order valence-electron chi connectivity index (χ0n) is 13.4. The second-order valence-corrected chi connectivity index (χ2v) is 7.08. The molecule has 2 unspecified atom stereocenters. The van der Waals surface area contributed by atoms with E-state index in [1.54, 1.807) is 0 Å². The molecule has 2 saturated heterocycles. The molecular weight excluding hydrogens is 234 g/mol. The molecule has 0 amide bonds. The first-order chi connectivity index (χ1) is 9.06. The van der Waals surface area contributed by atoms with Crippen LogP contribution >= 0.6 is 0 Å². The van der Waals surface area contributed by atoms with E-state index in [4.69, 9.17) is 0 Å². The smallest absolute Gasteiger partial charge is 0.00680 e. The molecule has 3 nitrogen and oxygen atoms in total. The van der Waals surface area contributed by atoms with Gasteiger partial charge in [0.2, 0.25) is 0 Å². The number of rotatable bonds is 5. The Morgan fingerprint density at radius 2 is 1.74 bits per heavy atom. The Morgan fingerprint density at radius 3 is 2.32 bits per heavy atom. The number of nitrogens with zero attached hydrogens (tertiary/aromatic N) is 2. The van der Waals surface area contributed by atoms with Crippen molar-refractivity contribution in [3.63, 3.8) is 0 Å². The Balaban J connectivity index is 1.65. The van der Waals surface area contributed by atoms with Crippen molar-refractivity contribution >= 4 is 0 Å². The van der Waals surface area contributed by atoms with E-state index in [1.807, 2.05) is 0 Å². The van der Waals surface area contributed by atoms with Crippen molar-refractivity contribution in [3.05, 3.63) is 0 Å². The molecule has 0 aromatic rings. The summed E-state index contributed by atoms with van der Waals surface area (Å²) in [5, 5.41) is 3.82. The lowest BCUT2D eigenvalue weighted by molar-refractivity contribution is 0.186. The molecule has 2 aliphatic heterocycles. The number of nitrogens with one attached hydrogen (secondary N) is 1. The van der Waals surface area contributed by atoms with Crippen molar-refractivity contribution in [1.82, 2.24) is 15.1 Å². The minimum Gasteiger partial charge on any atom is -0.314 e. The Kier molecular flexibility index (Phi) is 5.67. The van der Waals surface area contributed by atoms with Gasteiger partial charge in [0, 0.05) is 18.6 Å². The Bertz CT molecular complexity index is 259. The largest absolute Gasteiger partial charge is 0.314 e. The summed E-state index contributed by atoms with van der Waals surface area (Å²) >= 11 is 0. The summed E-state index contributed by atoms with van der Waals surface area (Å²) in [6, 6.07) is 1.41. The van der Waals surface area contributed by atoms with Crippen molar-refractivity contribution in [2.24, 2.45) is 11.8 Å². The highest BCUT2D eigenvalue weighted by molar-refractivity contribution is 4.83. The number of piperidine rings is 1. The lowest BCUT2D eigenvalue weighted by Gasteiger charge is -2.33. The first kappa shape index (κ1) is 15.3. The normalized spacial score (nSPS) is 29.2. The van der Waals surface area contributed by atoms with E-state index >= 15 is 0 Å². The van der Waals surface area contributed by atoms with Crippen molar-refractivity contribution < 1.29 is 0 Å². The topological polar surface area (TPSA) is 18.5 Å². The minimum atomic E-state index is 0.696. The molecule has 0 saturated carbocycles. The summed E-state index contributed by atoms with van der Waals surface area (Å²) in [6.07, 6.45) is 4.12. The average molecular weight is 267 g/mol. The zero-order chi connectivity index (χ0) is 13.8. The van der Waals surface area contributed by atoms with Crippen LogP contribution in [-0.2, 0) is 0 Å². The summed E-state index contributed by atoms with van der Waals surface area (Å²) in [5.41, 5.74) is 0. The van der Waals surface area contributed by atoms with Gasteiger partial charge < -0.3 is 15.1 Å². The quantitative estimate of drug-likeness (QED) is 0.822. The molecule has 2 heterocycles. The fourth-order valence-electron chi connectivity index (χ4n) is 3.55. The summed E-state index contributed by atoms with van der Waals surface area (Å²) in [4.78, 5) is 5.08. The molecule has 3 heteroatoms. The number of hydrogen-bond donors (Lipinski definition) is 1. The van der Waals surface area contributed by atoms with Crippen molar-refractivity contribution in [2.45, 2.75) is 52.1 Å². The third kappa shape index (κ3) is 4.44. The van der Waals surface area contributed by atoms with Gasteiger partial charge in [-0.1, -0.05) is 0 Å². The molecule has 19 heavy (non-hydrogen) atoms. The van der Waals surface area contributed by atoms with E-state index in [0.29, 0.717) is 6.04 Å². The second kappa shape index (κ2) is 7.05. The Morgan fingerprint density at radius 1 is 1.05 bits per heavy atom. The van der Waals surface area contributed by atoms with Crippen molar-refractivity contribution in [2.75, 3.05) is 39.8 Å². The predicted octanol–water partition coefficient (Wildman–Crippen LogP) is 2.04. The molecule has 2 atom stereocenters. The summed E-state index contributed by atoms with van der Waals surface area (Å²) in [5.74, 6) is 1.76. The molecule has 0 spiro atoms. The predicted molar refractivity (Wildman–Crippen MR) is 82.5 cm³/mol. The minimum absolute atomic E-state index is 0.696. The van der Waals surface area contributed by atoms with Gasteiger partial charge in [0.15, 0.2) is 0 Å². The van der Waals surface area contributed by atoms with E-state index in [2.05, 4.69) is 42.9 Å². The third-order valence-corrected chi connectivity index (χ3v) is 5.25. The molecule has 0 aromatic carbocycles. The van der Waals surface area contributed by atoms with Gasteiger partial charge in [0.05, 0.1) is 0 Å². The van der Waals surface area contributed by atoms with E-state index in [-0.39, 0.29) is 0 Å². The molecule has 0 bridgehead atoms. The van der Waals surface area contributed by atoms with E-state index in [0.717, 1.165) is 17.9 Å². The third-order valence-electron chi connectivity index (χ3n) is 5.25. The van der Waals surface area contributed by atoms with E-state index in [1.165, 1.54) is 52.0 Å². The van der Waals surface area contributed by atoms with Crippen LogP contribution in [0.5, 0.6) is 0 Å². The van der Waals surface area contributed by atoms with Crippen LogP contribution in [0.2, 0.25) is 0 Å². The molecule has 1 N–H and O–H groups in total. The van der Waals surface area contributed by atoms with Crippen LogP contribution in [0.1, 0.15) is 40.0 Å². The van der Waals surface area contributed by atoms with Crippen LogP contribution in [0.15, 0.2) is 0 Å². The van der Waals surface area contributed by atoms with Gasteiger partial charge in [-0.25, -0.2) is 0 Å². The van der Waals surface area contributed by atoms with Gasteiger partial charge in [-0.15, -0.1) is 0 Å². The van der Waals surface area contributed by atoms with Gasteiger partial charge >= 0.3 is 0 Å². The first-order valence-electron chi connectivity index (χ1n) is 8.22. The molecular formula is C16H33N3. The van der Waals surface area contributed by atoms with Crippen LogP contribution in [-0.4, -0.2) is 61.7 Å². The maximum atomic E-state index is 3.82. The molecule has 0 aromatic heterocycles. The fraction of sp³-hybridized carbons (Fsp3) is 1.00. The molecule has 0 aliphatic carbocycles. The standard InChI is InChI=1S/C16H33N3/c1-13(2)19-10-5-15(12-19)11-17-14(3)16-6-8-18(4)9-7-16/h13-17H,5-12H2,1-4H3. The first-order valence-corrected chi connectivity index (χ1v) is 8.22. The summed E-state index contributed by atoms with van der Waals surface area (Å²) in [6.45, 7) is 13.4. The SMILES string of the molecule is CC(NCC1CCN(C(C)C)C1)C1CCN(C)CC1. The molecule has 112 valence electrons. The number of hydrogen-bond acceptors (Lipinski definition) is 3. The van der Waals surface area contributed by atoms with Crippen molar-refractivity contribution in [3.8, 4) is 0 Å². The molecule has 2 aliphatic rings. The fourth-order valence-corrected chi connectivity index (χ4v) is 3.55. The van der Waals surface area contributed by atoms with E-state index in [9.17, 15) is 0 Å². The molecule has 0 radical (unpaired) electrons. The highest BCUT2D eigenvalue weighted by Crippen LogP contribution is 2.21. The zero-order valence-corrected chi connectivity index (χ0v) is 13.4. The lowest BCUT2D eigenvalue weighted by atomic mass is 9.90. The highest BCUT2D eigenvalue weighted by atomic mass is 15.2. The highest BCUT2D eigenvalue weighted by Gasteiger charge is 2.26. The van der Waals surface area contributed by atoms with Gasteiger partial charge in [0.25, 0.3) is 0 Å². The summed E-state index contributed by atoms with van der Waals surface area (Å²) < 4.78 is 0. The second-order valence-electron chi connectivity index (χ2n) is 7.08. The maximum absolute atomic E-state index is 3.82. The van der Waals surface area contributed by atoms with Crippen LogP contribution in [0.3, 0.4) is 0 Å². The maximum Gasteiger partial charge on any atom is 0.00680 e.